The normalized spacial score (nSPS) is 10.2. The molecule has 0 saturated carbocycles. The third kappa shape index (κ3) is 3.51. The van der Waals surface area contributed by atoms with Crippen molar-refractivity contribution in [1.29, 1.82) is 0 Å². The number of rotatable bonds is 4. The number of carbonyl (C=O) groups excluding carboxylic acids is 1. The second-order valence-corrected chi connectivity index (χ2v) is 3.98. The summed E-state index contributed by atoms with van der Waals surface area (Å²) in [5, 5.41) is 0. The van der Waals surface area contributed by atoms with E-state index in [0.29, 0.717) is 6.42 Å². The van der Waals surface area contributed by atoms with Crippen LogP contribution < -0.4 is 5.73 Å². The number of hydrogen-bond acceptors (Lipinski definition) is 4. The number of ether oxygens (including phenoxy) is 1. The Bertz CT molecular complexity index is 573. The molecule has 1 heterocycles. The summed E-state index contributed by atoms with van der Waals surface area (Å²) in [4.78, 5) is 15.5. The van der Waals surface area contributed by atoms with Crippen molar-refractivity contribution in [2.75, 3.05) is 12.3 Å². The number of esters is 1. The van der Waals surface area contributed by atoms with E-state index in [9.17, 15) is 9.18 Å². The summed E-state index contributed by atoms with van der Waals surface area (Å²) in [6.07, 6.45) is 3.89. The largest absolute Gasteiger partial charge is 0.462 e. The first-order valence-corrected chi connectivity index (χ1v) is 5.78. The van der Waals surface area contributed by atoms with Gasteiger partial charge in [-0.15, -0.1) is 0 Å². The molecule has 0 fully saturated rings. The van der Waals surface area contributed by atoms with E-state index in [2.05, 4.69) is 4.98 Å². The summed E-state index contributed by atoms with van der Waals surface area (Å²) in [5.74, 6) is -1.36. The van der Waals surface area contributed by atoms with Gasteiger partial charge in [-0.3, -0.25) is 4.98 Å². The fourth-order valence-corrected chi connectivity index (χ4v) is 1.59. The molecular formula is C14H13FN2O2. The fourth-order valence-electron chi connectivity index (χ4n) is 1.59. The van der Waals surface area contributed by atoms with Crippen LogP contribution in [0.4, 0.5) is 10.1 Å². The predicted octanol–water partition coefficient (Wildman–Crippen LogP) is 2.20. The molecule has 0 atom stereocenters. The van der Waals surface area contributed by atoms with Gasteiger partial charge in [0.2, 0.25) is 0 Å². The first kappa shape index (κ1) is 13.0. The SMILES string of the molecule is Nc1ccc(C(=O)OCCc2ccncc2)c(F)c1. The standard InChI is InChI=1S/C14H13FN2O2/c15-13-9-11(16)1-2-12(13)14(18)19-8-5-10-3-6-17-7-4-10/h1-4,6-7,9H,5,8,16H2. The van der Waals surface area contributed by atoms with E-state index in [1.54, 1.807) is 12.4 Å². The number of benzene rings is 1. The van der Waals surface area contributed by atoms with Crippen LogP contribution in [0.1, 0.15) is 15.9 Å². The third-order valence-corrected chi connectivity index (χ3v) is 2.59. The van der Waals surface area contributed by atoms with Gasteiger partial charge in [0.25, 0.3) is 0 Å². The molecule has 0 radical (unpaired) electrons. The Hall–Kier alpha value is -2.43. The number of anilines is 1. The Labute approximate surface area is 110 Å². The second kappa shape index (κ2) is 5.95. The Morgan fingerprint density at radius 1 is 1.26 bits per heavy atom. The molecule has 0 aliphatic carbocycles. The Morgan fingerprint density at radius 2 is 2.00 bits per heavy atom. The van der Waals surface area contributed by atoms with Crippen LogP contribution in [-0.2, 0) is 11.2 Å². The number of aromatic nitrogens is 1. The van der Waals surface area contributed by atoms with E-state index in [0.717, 1.165) is 11.6 Å². The van der Waals surface area contributed by atoms with Crippen LogP contribution in [0.3, 0.4) is 0 Å². The Balaban J connectivity index is 1.91. The summed E-state index contributed by atoms with van der Waals surface area (Å²) in [5.41, 5.74) is 6.57. The Morgan fingerprint density at radius 3 is 2.68 bits per heavy atom. The summed E-state index contributed by atoms with van der Waals surface area (Å²) in [6, 6.07) is 7.54. The molecule has 19 heavy (non-hydrogen) atoms. The first-order chi connectivity index (χ1) is 9.16. The highest BCUT2D eigenvalue weighted by atomic mass is 19.1. The van der Waals surface area contributed by atoms with Crippen molar-refractivity contribution in [1.82, 2.24) is 4.98 Å². The molecule has 0 amide bonds. The van der Waals surface area contributed by atoms with Crippen LogP contribution in [0.5, 0.6) is 0 Å². The minimum absolute atomic E-state index is 0.107. The molecule has 0 saturated heterocycles. The highest BCUT2D eigenvalue weighted by molar-refractivity contribution is 5.90. The van der Waals surface area contributed by atoms with Crippen molar-refractivity contribution in [2.45, 2.75) is 6.42 Å². The Kier molecular flexibility index (Phi) is 4.07. The van der Waals surface area contributed by atoms with E-state index >= 15 is 0 Å². The molecule has 1 aromatic heterocycles. The fraction of sp³-hybridized carbons (Fsp3) is 0.143. The highest BCUT2D eigenvalue weighted by Gasteiger charge is 2.12. The zero-order chi connectivity index (χ0) is 13.7. The van der Waals surface area contributed by atoms with Gasteiger partial charge in [-0.1, -0.05) is 0 Å². The second-order valence-electron chi connectivity index (χ2n) is 3.98. The number of carbonyl (C=O) groups is 1. The van der Waals surface area contributed by atoms with Crippen molar-refractivity contribution in [3.8, 4) is 0 Å². The van der Waals surface area contributed by atoms with Gasteiger partial charge in [0.05, 0.1) is 12.2 Å². The minimum atomic E-state index is -0.688. The summed E-state index contributed by atoms with van der Waals surface area (Å²) < 4.78 is 18.5. The van der Waals surface area contributed by atoms with Crippen LogP contribution in [0.15, 0.2) is 42.7 Å². The van der Waals surface area contributed by atoms with Crippen LogP contribution in [0.25, 0.3) is 0 Å². The van der Waals surface area contributed by atoms with Gasteiger partial charge in [0.1, 0.15) is 5.82 Å². The zero-order valence-electron chi connectivity index (χ0n) is 10.2. The van der Waals surface area contributed by atoms with Crippen molar-refractivity contribution >= 4 is 11.7 Å². The van der Waals surface area contributed by atoms with E-state index in [1.165, 1.54) is 12.1 Å². The highest BCUT2D eigenvalue weighted by Crippen LogP contribution is 2.13. The minimum Gasteiger partial charge on any atom is -0.462 e. The van der Waals surface area contributed by atoms with E-state index < -0.39 is 11.8 Å². The molecule has 0 aliphatic heterocycles. The number of halogens is 1. The molecule has 5 heteroatoms. The van der Waals surface area contributed by atoms with E-state index in [1.807, 2.05) is 12.1 Å². The van der Waals surface area contributed by atoms with Crippen LogP contribution in [-0.4, -0.2) is 17.6 Å². The molecular weight excluding hydrogens is 247 g/mol. The van der Waals surface area contributed by atoms with Crippen LogP contribution in [0, 0.1) is 5.82 Å². The number of hydrogen-bond donors (Lipinski definition) is 1. The van der Waals surface area contributed by atoms with Crippen molar-refractivity contribution in [3.63, 3.8) is 0 Å². The average Bonchev–Trinajstić information content (AvgIpc) is 2.39. The van der Waals surface area contributed by atoms with Crippen LogP contribution in [0.2, 0.25) is 0 Å². The first-order valence-electron chi connectivity index (χ1n) is 5.78. The maximum absolute atomic E-state index is 13.5. The quantitative estimate of drug-likeness (QED) is 0.676. The van der Waals surface area contributed by atoms with Gasteiger partial charge in [-0.05, 0) is 35.9 Å². The lowest BCUT2D eigenvalue weighted by molar-refractivity contribution is 0.0504. The molecule has 0 bridgehead atoms. The summed E-state index contributed by atoms with van der Waals surface area (Å²) in [6.45, 7) is 0.187. The van der Waals surface area contributed by atoms with Gasteiger partial charge < -0.3 is 10.5 Å². The van der Waals surface area contributed by atoms with Gasteiger partial charge in [-0.25, -0.2) is 9.18 Å². The molecule has 0 aliphatic rings. The third-order valence-electron chi connectivity index (χ3n) is 2.59. The van der Waals surface area contributed by atoms with Gasteiger partial charge >= 0.3 is 5.97 Å². The van der Waals surface area contributed by atoms with E-state index in [-0.39, 0.29) is 17.9 Å². The van der Waals surface area contributed by atoms with Crippen molar-refractivity contribution in [2.24, 2.45) is 0 Å². The molecule has 0 unspecified atom stereocenters. The number of nitrogens with two attached hydrogens (primary N) is 1. The number of nitrogen functional groups attached to an aromatic ring is 1. The lowest BCUT2D eigenvalue weighted by atomic mass is 10.2. The smallest absolute Gasteiger partial charge is 0.341 e. The lowest BCUT2D eigenvalue weighted by Gasteiger charge is -2.06. The topological polar surface area (TPSA) is 65.2 Å². The molecule has 98 valence electrons. The van der Waals surface area contributed by atoms with E-state index in [4.69, 9.17) is 10.5 Å². The summed E-state index contributed by atoms with van der Waals surface area (Å²) in [7, 11) is 0. The van der Waals surface area contributed by atoms with Gasteiger partial charge in [0, 0.05) is 24.5 Å². The van der Waals surface area contributed by atoms with Gasteiger partial charge in [-0.2, -0.15) is 0 Å². The number of nitrogens with zero attached hydrogens (tertiary/aromatic N) is 1. The maximum atomic E-state index is 13.5. The molecule has 2 aromatic rings. The average molecular weight is 260 g/mol. The zero-order valence-corrected chi connectivity index (χ0v) is 10.2. The van der Waals surface area contributed by atoms with Crippen molar-refractivity contribution in [3.05, 3.63) is 59.7 Å². The maximum Gasteiger partial charge on any atom is 0.341 e. The van der Waals surface area contributed by atoms with Crippen molar-refractivity contribution < 1.29 is 13.9 Å². The molecule has 2 rings (SSSR count). The lowest BCUT2D eigenvalue weighted by Crippen LogP contribution is -2.10. The molecule has 0 spiro atoms. The predicted molar refractivity (Wildman–Crippen MR) is 69.0 cm³/mol. The monoisotopic (exact) mass is 260 g/mol. The molecule has 4 nitrogen and oxygen atoms in total. The van der Waals surface area contributed by atoms with Gasteiger partial charge in [0.15, 0.2) is 0 Å². The summed E-state index contributed by atoms with van der Waals surface area (Å²) >= 11 is 0. The molecule has 2 N–H and O–H groups in total. The number of pyridine rings is 1. The van der Waals surface area contributed by atoms with Crippen LogP contribution >= 0.6 is 0 Å². The molecule has 1 aromatic carbocycles.